The summed E-state index contributed by atoms with van der Waals surface area (Å²) in [6, 6.07) is 0.591. The van der Waals surface area contributed by atoms with E-state index in [1.807, 2.05) is 0 Å². The molecule has 0 aromatic carbocycles. The molecule has 0 amide bonds. The van der Waals surface area contributed by atoms with E-state index in [2.05, 4.69) is 30.7 Å². The van der Waals surface area contributed by atoms with Crippen molar-refractivity contribution in [3.05, 3.63) is 17.2 Å². The summed E-state index contributed by atoms with van der Waals surface area (Å²) in [5.74, 6) is 1.21. The molecule has 0 saturated heterocycles. The summed E-state index contributed by atoms with van der Waals surface area (Å²) in [6.45, 7) is 8.76. The molecule has 2 rings (SSSR count). The quantitative estimate of drug-likeness (QED) is 0.795. The first-order chi connectivity index (χ1) is 8.18. The van der Waals surface area contributed by atoms with Crippen molar-refractivity contribution >= 4 is 0 Å². The van der Waals surface area contributed by atoms with Gasteiger partial charge in [-0.15, -0.1) is 0 Å². The average molecular weight is 235 g/mol. The number of nitrogens with one attached hydrogen (secondary N) is 1. The van der Waals surface area contributed by atoms with Crippen molar-refractivity contribution in [2.75, 3.05) is 6.54 Å². The highest BCUT2D eigenvalue weighted by Gasteiger charge is 2.17. The summed E-state index contributed by atoms with van der Waals surface area (Å²) < 4.78 is 2.44. The third-order valence-corrected chi connectivity index (χ3v) is 3.53. The second kappa shape index (κ2) is 5.67. The zero-order valence-corrected chi connectivity index (χ0v) is 11.4. The van der Waals surface area contributed by atoms with Gasteiger partial charge in [-0.3, -0.25) is 0 Å². The Bertz CT molecular complexity index is 366. The summed E-state index contributed by atoms with van der Waals surface area (Å²) in [5.41, 5.74) is 2.88. The van der Waals surface area contributed by atoms with E-state index in [0.29, 0.717) is 6.04 Å². The molecule has 1 heterocycles. The zero-order chi connectivity index (χ0) is 12.3. The summed E-state index contributed by atoms with van der Waals surface area (Å²) in [4.78, 5) is 4.71. The molecule has 0 unspecified atom stereocenters. The van der Waals surface area contributed by atoms with Crippen LogP contribution >= 0.6 is 0 Å². The highest BCUT2D eigenvalue weighted by Crippen LogP contribution is 2.22. The van der Waals surface area contributed by atoms with E-state index < -0.39 is 0 Å². The van der Waals surface area contributed by atoms with Crippen LogP contribution in [0.5, 0.6) is 0 Å². The van der Waals surface area contributed by atoms with Gasteiger partial charge in [0.25, 0.3) is 0 Å². The molecule has 0 saturated carbocycles. The highest BCUT2D eigenvalue weighted by molar-refractivity contribution is 5.19. The lowest BCUT2D eigenvalue weighted by atomic mass is 10.0. The SMILES string of the molecule is Cc1nc2c(n1CCCNC(C)C)CCCC2. The van der Waals surface area contributed by atoms with E-state index in [1.54, 1.807) is 0 Å². The van der Waals surface area contributed by atoms with Crippen molar-refractivity contribution in [1.82, 2.24) is 14.9 Å². The van der Waals surface area contributed by atoms with Crippen molar-refractivity contribution in [1.29, 1.82) is 0 Å². The Kier molecular flexibility index (Phi) is 4.21. The lowest BCUT2D eigenvalue weighted by Crippen LogP contribution is -2.24. The lowest BCUT2D eigenvalue weighted by molar-refractivity contribution is 0.517. The van der Waals surface area contributed by atoms with Crippen LogP contribution < -0.4 is 5.32 Å². The fraction of sp³-hybridized carbons (Fsp3) is 0.786. The maximum Gasteiger partial charge on any atom is 0.106 e. The molecule has 1 aromatic heterocycles. The van der Waals surface area contributed by atoms with Crippen molar-refractivity contribution in [3.63, 3.8) is 0 Å². The molecule has 0 aliphatic heterocycles. The largest absolute Gasteiger partial charge is 0.332 e. The van der Waals surface area contributed by atoms with E-state index in [9.17, 15) is 0 Å². The van der Waals surface area contributed by atoms with Gasteiger partial charge in [0.2, 0.25) is 0 Å². The standard InChI is InChI=1S/C14H25N3/c1-11(2)15-9-6-10-17-12(3)16-13-7-4-5-8-14(13)17/h11,15H,4-10H2,1-3H3. The molecule has 1 aromatic rings. The van der Waals surface area contributed by atoms with Crippen LogP contribution in [-0.2, 0) is 19.4 Å². The number of fused-ring (bicyclic) bond motifs is 1. The minimum absolute atomic E-state index is 0.591. The first-order valence-corrected chi connectivity index (χ1v) is 6.96. The number of rotatable bonds is 5. The highest BCUT2D eigenvalue weighted by atomic mass is 15.1. The second-order valence-corrected chi connectivity index (χ2v) is 5.37. The fourth-order valence-corrected chi connectivity index (χ4v) is 2.66. The molecule has 1 N–H and O–H groups in total. The molecule has 17 heavy (non-hydrogen) atoms. The van der Waals surface area contributed by atoms with E-state index in [-0.39, 0.29) is 0 Å². The van der Waals surface area contributed by atoms with Crippen LogP contribution in [0.2, 0.25) is 0 Å². The zero-order valence-electron chi connectivity index (χ0n) is 11.4. The van der Waals surface area contributed by atoms with Crippen LogP contribution in [0.3, 0.4) is 0 Å². The molecule has 96 valence electrons. The van der Waals surface area contributed by atoms with Crippen molar-refractivity contribution < 1.29 is 0 Å². The van der Waals surface area contributed by atoms with E-state index in [4.69, 9.17) is 4.98 Å². The molecule has 1 aliphatic carbocycles. The lowest BCUT2D eigenvalue weighted by Gasteiger charge is -2.15. The second-order valence-electron chi connectivity index (χ2n) is 5.37. The van der Waals surface area contributed by atoms with Crippen LogP contribution in [0.4, 0.5) is 0 Å². The van der Waals surface area contributed by atoms with Gasteiger partial charge < -0.3 is 9.88 Å². The molecule has 3 nitrogen and oxygen atoms in total. The predicted octanol–water partition coefficient (Wildman–Crippen LogP) is 2.46. The molecule has 0 radical (unpaired) electrons. The van der Waals surface area contributed by atoms with Gasteiger partial charge in [0, 0.05) is 18.3 Å². The smallest absolute Gasteiger partial charge is 0.106 e. The van der Waals surface area contributed by atoms with Crippen LogP contribution in [-0.4, -0.2) is 22.1 Å². The minimum atomic E-state index is 0.591. The van der Waals surface area contributed by atoms with Crippen LogP contribution in [0, 0.1) is 6.92 Å². The first-order valence-electron chi connectivity index (χ1n) is 6.96. The van der Waals surface area contributed by atoms with Gasteiger partial charge >= 0.3 is 0 Å². The first kappa shape index (κ1) is 12.6. The fourth-order valence-electron chi connectivity index (χ4n) is 2.66. The predicted molar refractivity (Wildman–Crippen MR) is 71.4 cm³/mol. The third-order valence-electron chi connectivity index (χ3n) is 3.53. The van der Waals surface area contributed by atoms with Crippen LogP contribution in [0.1, 0.15) is 50.3 Å². The van der Waals surface area contributed by atoms with Gasteiger partial charge in [-0.1, -0.05) is 13.8 Å². The molecule has 0 fully saturated rings. The van der Waals surface area contributed by atoms with Crippen molar-refractivity contribution in [3.8, 4) is 0 Å². The molecular weight excluding hydrogens is 210 g/mol. The maximum absolute atomic E-state index is 4.71. The van der Waals surface area contributed by atoms with Gasteiger partial charge in [0.05, 0.1) is 5.69 Å². The van der Waals surface area contributed by atoms with E-state index >= 15 is 0 Å². The monoisotopic (exact) mass is 235 g/mol. The van der Waals surface area contributed by atoms with Crippen LogP contribution in [0.25, 0.3) is 0 Å². The molecule has 0 bridgehead atoms. The third kappa shape index (κ3) is 3.09. The summed E-state index contributed by atoms with van der Waals surface area (Å²) >= 11 is 0. The molecule has 3 heteroatoms. The topological polar surface area (TPSA) is 29.9 Å². The summed E-state index contributed by atoms with van der Waals surface area (Å²) in [6.07, 6.45) is 6.27. The number of aryl methyl sites for hydroxylation is 2. The Hall–Kier alpha value is -0.830. The summed E-state index contributed by atoms with van der Waals surface area (Å²) in [7, 11) is 0. The van der Waals surface area contributed by atoms with Gasteiger partial charge in [0.1, 0.15) is 5.82 Å². The molecule has 0 spiro atoms. The maximum atomic E-state index is 4.71. The number of aromatic nitrogens is 2. The van der Waals surface area contributed by atoms with Gasteiger partial charge in [-0.2, -0.15) is 0 Å². The number of imidazole rings is 1. The minimum Gasteiger partial charge on any atom is -0.332 e. The Balaban J connectivity index is 1.93. The van der Waals surface area contributed by atoms with Crippen molar-refractivity contribution in [2.24, 2.45) is 0 Å². The van der Waals surface area contributed by atoms with Gasteiger partial charge in [0.15, 0.2) is 0 Å². The Morgan fingerprint density at radius 1 is 1.29 bits per heavy atom. The summed E-state index contributed by atoms with van der Waals surface area (Å²) in [5, 5.41) is 3.47. The molecular formula is C14H25N3. The normalized spacial score (nSPS) is 15.3. The van der Waals surface area contributed by atoms with Crippen LogP contribution in [0.15, 0.2) is 0 Å². The molecule has 0 atom stereocenters. The average Bonchev–Trinajstić information content (AvgIpc) is 2.60. The number of hydrogen-bond acceptors (Lipinski definition) is 2. The van der Waals surface area contributed by atoms with Gasteiger partial charge in [-0.05, 0) is 45.6 Å². The molecule has 1 aliphatic rings. The number of nitrogens with zero attached hydrogens (tertiary/aromatic N) is 2. The van der Waals surface area contributed by atoms with Gasteiger partial charge in [-0.25, -0.2) is 4.98 Å². The Morgan fingerprint density at radius 2 is 2.06 bits per heavy atom. The number of hydrogen-bond donors (Lipinski definition) is 1. The van der Waals surface area contributed by atoms with E-state index in [1.165, 1.54) is 49.3 Å². The Labute approximate surface area is 105 Å². The van der Waals surface area contributed by atoms with E-state index in [0.717, 1.165) is 13.1 Å². The van der Waals surface area contributed by atoms with Crippen molar-refractivity contribution in [2.45, 2.75) is 65.5 Å². The Morgan fingerprint density at radius 3 is 2.82 bits per heavy atom.